The van der Waals surface area contributed by atoms with Crippen LogP contribution >= 0.6 is 0 Å². The van der Waals surface area contributed by atoms with E-state index in [0.29, 0.717) is 11.7 Å². The normalized spacial score (nSPS) is 13.1. The first-order chi connectivity index (χ1) is 5.42. The van der Waals surface area contributed by atoms with Crippen molar-refractivity contribution in [3.05, 3.63) is 50.3 Å². The fourth-order valence-corrected chi connectivity index (χ4v) is 1.27. The van der Waals surface area contributed by atoms with Gasteiger partial charge < -0.3 is 16.7 Å². The Morgan fingerprint density at radius 3 is 2.00 bits per heavy atom. The summed E-state index contributed by atoms with van der Waals surface area (Å²) in [4.78, 5) is 0.667. The molecule has 1 unspecified atom stereocenters. The van der Waals surface area contributed by atoms with Crippen molar-refractivity contribution < 1.29 is 300 Å². The van der Waals surface area contributed by atoms with E-state index in [2.05, 4.69) is 0 Å². The monoisotopic (exact) mass is 589 g/mol. The zero-order chi connectivity index (χ0) is 7.68. The van der Waals surface area contributed by atoms with Crippen LogP contribution < -0.4 is 296 Å². The Kier molecular flexibility index (Phi) is 46.3. The molecule has 7 heteroatoms. The second kappa shape index (κ2) is 21.9. The minimum atomic E-state index is 0. The van der Waals surface area contributed by atoms with Crippen LogP contribution in [0.3, 0.4) is 0 Å². The molecule has 1 aliphatic rings. The minimum absolute atomic E-state index is 0. The van der Waals surface area contributed by atoms with Gasteiger partial charge in [0.2, 0.25) is 0 Å². The molecule has 1 aromatic rings. The number of nitrogens with one attached hydrogen (secondary N) is 1. The standard InChI is InChI=1S/C9H8FN.CH3.5Rb/c10-7-11-6-5-8-3-1-2-4-9(8)11;;;;;;/h1-7,11H;1H3;;;;;/q;-1;5*+1. The molecule has 1 aliphatic heterocycles. The summed E-state index contributed by atoms with van der Waals surface area (Å²) >= 11 is 0. The van der Waals surface area contributed by atoms with Gasteiger partial charge in [0.25, 0.3) is 0 Å². The van der Waals surface area contributed by atoms with E-state index in [-0.39, 0.29) is 298 Å². The van der Waals surface area contributed by atoms with Crippen molar-refractivity contribution in [3.8, 4) is 0 Å². The molecule has 1 nitrogen and oxygen atoms in total. The van der Waals surface area contributed by atoms with Crippen LogP contribution in [0.1, 0.15) is 5.56 Å². The summed E-state index contributed by atoms with van der Waals surface area (Å²) in [7, 11) is 0. The smallest absolute Gasteiger partial charge is 0.392 e. The third-order valence-electron chi connectivity index (χ3n) is 1.83. The summed E-state index contributed by atoms with van der Waals surface area (Å²) in [5.41, 5.74) is 2.08. The summed E-state index contributed by atoms with van der Waals surface area (Å²) in [5.74, 6) is 0. The molecule has 0 aromatic heterocycles. The minimum Gasteiger partial charge on any atom is -0.392 e. The molecule has 1 N–H and O–H groups in total. The number of rotatable bonds is 1. The van der Waals surface area contributed by atoms with E-state index < -0.39 is 0 Å². The molecule has 1 atom stereocenters. The second-order valence-electron chi connectivity index (χ2n) is 2.49. The zero-order valence-electron chi connectivity index (χ0n) is 11.9. The van der Waals surface area contributed by atoms with E-state index in [1.54, 1.807) is 6.20 Å². The Morgan fingerprint density at radius 1 is 0.941 bits per heavy atom. The van der Waals surface area contributed by atoms with Gasteiger partial charge in [0.1, 0.15) is 5.69 Å². The molecular weight excluding hydrogens is 580 g/mol. The van der Waals surface area contributed by atoms with Crippen LogP contribution in [0.15, 0.2) is 30.5 Å². The predicted molar refractivity (Wildman–Crippen MR) is 47.9 cm³/mol. The third kappa shape index (κ3) is 12.8. The Hall–Kier alpha value is 7.88. The van der Waals surface area contributed by atoms with Gasteiger partial charge in [-0.05, 0) is 12.1 Å². The third-order valence-corrected chi connectivity index (χ3v) is 1.83. The van der Waals surface area contributed by atoms with Crippen molar-refractivity contribution in [2.24, 2.45) is 0 Å². The fraction of sp³-hybridized carbons (Fsp3) is 0. The molecule has 17 heavy (non-hydrogen) atoms. The predicted octanol–water partition coefficient (Wildman–Crippen LogP) is -13.3. The molecule has 0 spiro atoms. The van der Waals surface area contributed by atoms with E-state index in [9.17, 15) is 4.39 Å². The maximum absolute atomic E-state index is 12.2. The van der Waals surface area contributed by atoms with Crippen LogP contribution in [0.5, 0.6) is 0 Å². The van der Waals surface area contributed by atoms with Gasteiger partial charge >= 0.3 is 291 Å². The number of hydrogen-bond acceptors (Lipinski definition) is 0. The van der Waals surface area contributed by atoms with Crippen LogP contribution in [0.2, 0.25) is 0 Å². The van der Waals surface area contributed by atoms with Crippen LogP contribution in [0, 0.1) is 14.2 Å². The molecular formula is C10H11FNRb5+4. The van der Waals surface area contributed by atoms with E-state index >= 15 is 0 Å². The van der Waals surface area contributed by atoms with Gasteiger partial charge in [-0.25, -0.2) is 0 Å². The first-order valence-corrected chi connectivity index (χ1v) is 3.49. The van der Waals surface area contributed by atoms with Gasteiger partial charge in [-0.15, -0.1) is 0 Å². The Labute approximate surface area is 349 Å². The van der Waals surface area contributed by atoms with Gasteiger partial charge in [-0.2, -0.15) is 0 Å². The van der Waals surface area contributed by atoms with Crippen LogP contribution in [-0.2, 0) is 0 Å². The molecule has 0 fully saturated rings. The molecule has 1 aromatic carbocycles. The van der Waals surface area contributed by atoms with Gasteiger partial charge in [0, 0.05) is 18.4 Å². The second-order valence-corrected chi connectivity index (χ2v) is 2.49. The number of para-hydroxylation sites is 1. The molecule has 2 rings (SSSR count). The summed E-state index contributed by atoms with van der Waals surface area (Å²) < 4.78 is 12.2. The number of quaternary nitrogens is 1. The SMILES string of the molecule is F[CH-][NH+]1C=Cc2ccccc21.[CH3-].[Rb+].[Rb+].[Rb+].[Rb+].[Rb+]. The Bertz CT molecular complexity index is 309. The molecule has 0 radical (unpaired) electrons. The zero-order valence-corrected chi connectivity index (χ0v) is 36.5. The van der Waals surface area contributed by atoms with E-state index in [1.165, 1.54) is 0 Å². The number of hydrogen-bond donors (Lipinski definition) is 1. The van der Waals surface area contributed by atoms with E-state index in [1.807, 2.05) is 30.3 Å². The van der Waals surface area contributed by atoms with E-state index in [0.717, 1.165) is 11.3 Å². The van der Waals surface area contributed by atoms with Crippen molar-refractivity contribution in [2.45, 2.75) is 0 Å². The average molecular weight is 592 g/mol. The maximum atomic E-state index is 12.2. The van der Waals surface area contributed by atoms with Crippen LogP contribution in [0.25, 0.3) is 6.08 Å². The van der Waals surface area contributed by atoms with Crippen molar-refractivity contribution in [3.63, 3.8) is 0 Å². The summed E-state index contributed by atoms with van der Waals surface area (Å²) in [6.45, 7) is 0.641. The van der Waals surface area contributed by atoms with Crippen molar-refractivity contribution >= 4 is 11.8 Å². The molecule has 0 aliphatic carbocycles. The summed E-state index contributed by atoms with van der Waals surface area (Å²) in [6, 6.07) is 7.75. The van der Waals surface area contributed by atoms with Crippen molar-refractivity contribution in [1.82, 2.24) is 0 Å². The van der Waals surface area contributed by atoms with Gasteiger partial charge in [-0.1, -0.05) is 12.1 Å². The largest absolute Gasteiger partial charge is 1.00 e. The molecule has 0 bridgehead atoms. The van der Waals surface area contributed by atoms with Crippen molar-refractivity contribution in [1.29, 1.82) is 0 Å². The summed E-state index contributed by atoms with van der Waals surface area (Å²) in [6.07, 6.45) is 3.70. The molecule has 0 saturated heterocycles. The molecule has 1 heterocycles. The van der Waals surface area contributed by atoms with E-state index in [4.69, 9.17) is 0 Å². The number of fused-ring (bicyclic) bond motifs is 1. The maximum Gasteiger partial charge on any atom is 1.00 e. The quantitative estimate of drug-likeness (QED) is 0.245. The van der Waals surface area contributed by atoms with Gasteiger partial charge in [0.15, 0.2) is 0 Å². The average Bonchev–Trinajstić information content (AvgIpc) is 2.47. The number of halogens is 1. The van der Waals surface area contributed by atoms with Crippen LogP contribution in [-0.4, -0.2) is 0 Å². The Morgan fingerprint density at radius 2 is 1.47 bits per heavy atom. The first-order valence-electron chi connectivity index (χ1n) is 3.49. The van der Waals surface area contributed by atoms with Crippen LogP contribution in [0.4, 0.5) is 10.1 Å². The number of benzene rings is 1. The van der Waals surface area contributed by atoms with Crippen molar-refractivity contribution in [2.75, 3.05) is 0 Å². The Balaban J connectivity index is -0.0000000800. The fourth-order valence-electron chi connectivity index (χ4n) is 1.27. The van der Waals surface area contributed by atoms with Gasteiger partial charge in [-0.3, -0.25) is 0 Å². The summed E-state index contributed by atoms with van der Waals surface area (Å²) in [5, 5.41) is 0. The van der Waals surface area contributed by atoms with Gasteiger partial charge in [0.05, 0.1) is 6.20 Å². The first kappa shape index (κ1) is 35.9. The topological polar surface area (TPSA) is 4.44 Å². The molecule has 0 amide bonds. The molecule has 64 valence electrons. The molecule has 0 saturated carbocycles.